The molecule has 0 radical (unpaired) electrons. The predicted octanol–water partition coefficient (Wildman–Crippen LogP) is 4.41. The van der Waals surface area contributed by atoms with Crippen LogP contribution < -0.4 is 14.8 Å². The third-order valence-electron chi connectivity index (χ3n) is 4.76. The standard InChI is InChI=1S/C24H20N2O6S2/c1-30-20-11-15(12-21-23(29)26(24(33)34-21)13-18-3-2-10-31-18)4-9-19(20)32-14-22(28)25-16-5-7-17(27)8-6-16/h2-12,27H,13-14H2,1H3,(H,25,28)/b21-12-. The Balaban J connectivity index is 1.41. The number of anilines is 1. The van der Waals surface area contributed by atoms with E-state index in [1.165, 1.54) is 35.9 Å². The number of phenolic OH excluding ortho intramolecular Hbond substituents is 1. The summed E-state index contributed by atoms with van der Waals surface area (Å²) in [5.41, 5.74) is 1.26. The first-order valence-corrected chi connectivity index (χ1v) is 11.3. The van der Waals surface area contributed by atoms with Crippen molar-refractivity contribution in [1.82, 2.24) is 4.90 Å². The van der Waals surface area contributed by atoms with Crippen molar-refractivity contribution in [2.45, 2.75) is 6.54 Å². The summed E-state index contributed by atoms with van der Waals surface area (Å²) in [6, 6.07) is 14.8. The first-order chi connectivity index (χ1) is 16.4. The number of hydrogen-bond acceptors (Lipinski definition) is 8. The van der Waals surface area contributed by atoms with Crippen LogP contribution in [0.25, 0.3) is 6.08 Å². The van der Waals surface area contributed by atoms with E-state index in [1.807, 2.05) is 0 Å². The van der Waals surface area contributed by atoms with Crippen LogP contribution in [-0.4, -0.2) is 39.9 Å². The molecular weight excluding hydrogens is 476 g/mol. The van der Waals surface area contributed by atoms with Crippen LogP contribution in [0.5, 0.6) is 17.2 Å². The summed E-state index contributed by atoms with van der Waals surface area (Å²) in [6.07, 6.45) is 3.28. The lowest BCUT2D eigenvalue weighted by Crippen LogP contribution is -2.27. The number of methoxy groups -OCH3 is 1. The zero-order valence-corrected chi connectivity index (χ0v) is 19.7. The van der Waals surface area contributed by atoms with E-state index >= 15 is 0 Å². The molecule has 2 N–H and O–H groups in total. The highest BCUT2D eigenvalue weighted by Crippen LogP contribution is 2.35. The molecule has 10 heteroatoms. The van der Waals surface area contributed by atoms with Crippen molar-refractivity contribution >= 4 is 51.9 Å². The van der Waals surface area contributed by atoms with E-state index in [0.29, 0.717) is 32.2 Å². The van der Waals surface area contributed by atoms with Gasteiger partial charge in [-0.2, -0.15) is 0 Å². The van der Waals surface area contributed by atoms with Gasteiger partial charge in [-0.1, -0.05) is 30.0 Å². The number of carbonyl (C=O) groups is 2. The molecule has 4 rings (SSSR count). The minimum Gasteiger partial charge on any atom is -0.508 e. The predicted molar refractivity (Wildman–Crippen MR) is 133 cm³/mol. The number of furan rings is 1. The van der Waals surface area contributed by atoms with E-state index in [2.05, 4.69) is 5.32 Å². The number of amides is 2. The molecule has 2 heterocycles. The maximum atomic E-state index is 12.8. The molecule has 34 heavy (non-hydrogen) atoms. The minimum atomic E-state index is -0.364. The Bertz CT molecular complexity index is 1240. The van der Waals surface area contributed by atoms with Crippen molar-refractivity contribution in [2.24, 2.45) is 0 Å². The molecule has 1 saturated heterocycles. The number of benzene rings is 2. The Kier molecular flexibility index (Phi) is 7.19. The molecule has 2 aromatic carbocycles. The lowest BCUT2D eigenvalue weighted by Gasteiger charge is -2.12. The zero-order chi connectivity index (χ0) is 24.1. The van der Waals surface area contributed by atoms with Crippen molar-refractivity contribution in [3.05, 3.63) is 77.1 Å². The van der Waals surface area contributed by atoms with Gasteiger partial charge in [0.1, 0.15) is 15.8 Å². The van der Waals surface area contributed by atoms with E-state index in [4.69, 9.17) is 26.1 Å². The Morgan fingerprint density at radius 2 is 2.00 bits per heavy atom. The van der Waals surface area contributed by atoms with Gasteiger partial charge in [0, 0.05) is 5.69 Å². The van der Waals surface area contributed by atoms with E-state index in [0.717, 1.165) is 5.56 Å². The lowest BCUT2D eigenvalue weighted by atomic mass is 10.2. The van der Waals surface area contributed by atoms with Crippen LogP contribution in [0.1, 0.15) is 11.3 Å². The molecule has 1 aromatic heterocycles. The number of nitrogens with zero attached hydrogens (tertiary/aromatic N) is 1. The fraction of sp³-hybridized carbons (Fsp3) is 0.125. The zero-order valence-electron chi connectivity index (χ0n) is 18.0. The molecule has 1 aliphatic heterocycles. The third kappa shape index (κ3) is 5.59. The molecule has 0 unspecified atom stereocenters. The quantitative estimate of drug-likeness (QED) is 0.269. The topological polar surface area (TPSA) is 101 Å². The second-order valence-electron chi connectivity index (χ2n) is 7.14. The van der Waals surface area contributed by atoms with Gasteiger partial charge in [0.15, 0.2) is 18.1 Å². The number of rotatable bonds is 8. The number of thioether (sulfide) groups is 1. The first kappa shape index (κ1) is 23.4. The molecule has 3 aromatic rings. The fourth-order valence-corrected chi connectivity index (χ4v) is 4.38. The summed E-state index contributed by atoms with van der Waals surface area (Å²) in [5.74, 6) is 0.991. The van der Waals surface area contributed by atoms with Gasteiger partial charge < -0.3 is 24.3 Å². The van der Waals surface area contributed by atoms with E-state index in [1.54, 1.807) is 54.8 Å². The maximum Gasteiger partial charge on any atom is 0.266 e. The summed E-state index contributed by atoms with van der Waals surface area (Å²) in [4.78, 5) is 27.0. The molecule has 0 spiro atoms. The smallest absolute Gasteiger partial charge is 0.266 e. The highest BCUT2D eigenvalue weighted by molar-refractivity contribution is 8.26. The van der Waals surface area contributed by atoms with Gasteiger partial charge in [0.05, 0.1) is 24.8 Å². The average Bonchev–Trinajstić information content (AvgIpc) is 3.44. The van der Waals surface area contributed by atoms with Gasteiger partial charge >= 0.3 is 0 Å². The summed E-state index contributed by atoms with van der Waals surface area (Å²) in [6.45, 7) is 0.0410. The lowest BCUT2D eigenvalue weighted by molar-refractivity contribution is -0.122. The van der Waals surface area contributed by atoms with Gasteiger partial charge in [0.2, 0.25) is 0 Å². The van der Waals surface area contributed by atoms with Gasteiger partial charge in [0.25, 0.3) is 11.8 Å². The number of aromatic hydroxyl groups is 1. The Labute approximate surface area is 205 Å². The van der Waals surface area contributed by atoms with E-state index in [9.17, 15) is 14.7 Å². The second-order valence-corrected chi connectivity index (χ2v) is 8.82. The van der Waals surface area contributed by atoms with Gasteiger partial charge in [-0.3, -0.25) is 14.5 Å². The van der Waals surface area contributed by atoms with E-state index in [-0.39, 0.29) is 30.7 Å². The Hall–Kier alpha value is -3.76. The minimum absolute atomic E-state index is 0.110. The number of ether oxygens (including phenoxy) is 2. The maximum absolute atomic E-state index is 12.8. The number of nitrogens with one attached hydrogen (secondary N) is 1. The van der Waals surface area contributed by atoms with Crippen LogP contribution in [0.3, 0.4) is 0 Å². The van der Waals surface area contributed by atoms with Crippen molar-refractivity contribution in [2.75, 3.05) is 19.0 Å². The molecular formula is C24H20N2O6S2. The molecule has 0 aliphatic carbocycles. The van der Waals surface area contributed by atoms with Gasteiger partial charge in [-0.25, -0.2) is 0 Å². The van der Waals surface area contributed by atoms with Crippen molar-refractivity contribution in [3.8, 4) is 17.2 Å². The molecule has 8 nitrogen and oxygen atoms in total. The summed E-state index contributed by atoms with van der Waals surface area (Å²) < 4.78 is 16.8. The number of phenols is 1. The average molecular weight is 497 g/mol. The SMILES string of the molecule is COc1cc(/C=C2\SC(=S)N(Cc3ccco3)C2=O)ccc1OCC(=O)Nc1ccc(O)cc1. The number of thiocarbonyl (C=S) groups is 1. The molecule has 1 aliphatic rings. The Morgan fingerprint density at radius 1 is 1.21 bits per heavy atom. The monoisotopic (exact) mass is 496 g/mol. The Morgan fingerprint density at radius 3 is 2.71 bits per heavy atom. The molecule has 1 fully saturated rings. The highest BCUT2D eigenvalue weighted by atomic mass is 32.2. The van der Waals surface area contributed by atoms with Crippen LogP contribution in [0.4, 0.5) is 5.69 Å². The summed E-state index contributed by atoms with van der Waals surface area (Å²) in [5, 5.41) is 12.0. The van der Waals surface area contributed by atoms with Crippen LogP contribution in [0.15, 0.2) is 70.2 Å². The van der Waals surface area contributed by atoms with Crippen LogP contribution in [-0.2, 0) is 16.1 Å². The van der Waals surface area contributed by atoms with Crippen LogP contribution in [0.2, 0.25) is 0 Å². The second kappa shape index (κ2) is 10.4. The summed E-state index contributed by atoms with van der Waals surface area (Å²) in [7, 11) is 1.49. The molecule has 0 bridgehead atoms. The molecule has 174 valence electrons. The molecule has 2 amide bonds. The van der Waals surface area contributed by atoms with Gasteiger partial charge in [-0.05, 0) is 60.2 Å². The first-order valence-electron chi connectivity index (χ1n) is 10.1. The van der Waals surface area contributed by atoms with E-state index < -0.39 is 0 Å². The molecule has 0 saturated carbocycles. The highest BCUT2D eigenvalue weighted by Gasteiger charge is 2.32. The van der Waals surface area contributed by atoms with Crippen molar-refractivity contribution in [3.63, 3.8) is 0 Å². The summed E-state index contributed by atoms with van der Waals surface area (Å²) >= 11 is 6.57. The van der Waals surface area contributed by atoms with Gasteiger partial charge in [-0.15, -0.1) is 0 Å². The van der Waals surface area contributed by atoms with Crippen LogP contribution in [0, 0.1) is 0 Å². The number of carbonyl (C=O) groups excluding carboxylic acids is 2. The third-order valence-corrected chi connectivity index (χ3v) is 6.14. The fourth-order valence-electron chi connectivity index (χ4n) is 3.12. The molecule has 0 atom stereocenters. The van der Waals surface area contributed by atoms with Crippen LogP contribution >= 0.6 is 24.0 Å². The number of hydrogen-bond donors (Lipinski definition) is 2. The van der Waals surface area contributed by atoms with Crippen molar-refractivity contribution in [1.29, 1.82) is 0 Å². The largest absolute Gasteiger partial charge is 0.508 e. The van der Waals surface area contributed by atoms with Crippen molar-refractivity contribution < 1.29 is 28.6 Å². The normalized spacial score (nSPS) is 14.5.